The molecule has 1 heterocycles. The normalized spacial score (nSPS) is 14.2. The second-order valence-corrected chi connectivity index (χ2v) is 7.06. The molecule has 0 unspecified atom stereocenters. The number of anilines is 2. The van der Waals surface area contributed by atoms with Crippen LogP contribution in [0.5, 0.6) is 0 Å². The molecular formula is C23H25N3O2. The molecule has 0 aliphatic carbocycles. The first kappa shape index (κ1) is 18.3. The summed E-state index contributed by atoms with van der Waals surface area (Å²) in [6.45, 7) is 3.87. The zero-order valence-electron chi connectivity index (χ0n) is 15.9. The van der Waals surface area contributed by atoms with Gasteiger partial charge < -0.3 is 20.3 Å². The van der Waals surface area contributed by atoms with E-state index < -0.39 is 0 Å². The highest BCUT2D eigenvalue weighted by Crippen LogP contribution is 2.38. The standard InChI is InChI=1S/C23H25N3O2/c24-22(27)17-26(16-18-6-2-1-3-7-18)21-11-10-19-8-4-5-9-20(19)23(21)25-12-14-28-15-13-25/h1-11H,12-17H2,(H2,24,27). The van der Waals surface area contributed by atoms with E-state index in [4.69, 9.17) is 10.5 Å². The number of hydrogen-bond acceptors (Lipinski definition) is 4. The Kier molecular flexibility index (Phi) is 5.44. The Morgan fingerprint density at radius 1 is 0.964 bits per heavy atom. The molecule has 1 amide bonds. The Morgan fingerprint density at radius 2 is 1.68 bits per heavy atom. The summed E-state index contributed by atoms with van der Waals surface area (Å²) >= 11 is 0. The molecule has 144 valence electrons. The van der Waals surface area contributed by atoms with Crippen molar-refractivity contribution < 1.29 is 9.53 Å². The molecule has 0 radical (unpaired) electrons. The van der Waals surface area contributed by atoms with Crippen LogP contribution in [0, 0.1) is 0 Å². The number of ether oxygens (including phenoxy) is 1. The van der Waals surface area contributed by atoms with Crippen LogP contribution in [-0.4, -0.2) is 38.8 Å². The maximum absolute atomic E-state index is 11.9. The van der Waals surface area contributed by atoms with E-state index in [0.29, 0.717) is 19.8 Å². The topological polar surface area (TPSA) is 58.8 Å². The van der Waals surface area contributed by atoms with Gasteiger partial charge in [0.2, 0.25) is 5.91 Å². The molecule has 0 aromatic heterocycles. The smallest absolute Gasteiger partial charge is 0.236 e. The van der Waals surface area contributed by atoms with Crippen LogP contribution in [0.4, 0.5) is 11.4 Å². The molecule has 5 nitrogen and oxygen atoms in total. The van der Waals surface area contributed by atoms with E-state index in [9.17, 15) is 4.79 Å². The number of carbonyl (C=O) groups is 1. The quantitative estimate of drug-likeness (QED) is 0.719. The molecule has 1 fully saturated rings. The maximum Gasteiger partial charge on any atom is 0.236 e. The maximum atomic E-state index is 11.9. The van der Waals surface area contributed by atoms with Crippen LogP contribution < -0.4 is 15.5 Å². The largest absolute Gasteiger partial charge is 0.378 e. The minimum atomic E-state index is -0.336. The molecule has 0 atom stereocenters. The monoisotopic (exact) mass is 375 g/mol. The average Bonchev–Trinajstić information content (AvgIpc) is 2.73. The van der Waals surface area contributed by atoms with Crippen LogP contribution in [-0.2, 0) is 16.1 Å². The molecule has 4 rings (SSSR count). The van der Waals surface area contributed by atoms with Gasteiger partial charge >= 0.3 is 0 Å². The van der Waals surface area contributed by atoms with Crippen molar-refractivity contribution in [2.24, 2.45) is 5.73 Å². The summed E-state index contributed by atoms with van der Waals surface area (Å²) in [5, 5.41) is 2.37. The van der Waals surface area contributed by atoms with Crippen molar-refractivity contribution in [2.75, 3.05) is 42.6 Å². The first-order chi connectivity index (χ1) is 13.7. The number of hydrogen-bond donors (Lipinski definition) is 1. The van der Waals surface area contributed by atoms with Gasteiger partial charge in [-0.15, -0.1) is 0 Å². The van der Waals surface area contributed by atoms with Crippen LogP contribution in [0.2, 0.25) is 0 Å². The van der Waals surface area contributed by atoms with Crippen molar-refractivity contribution in [2.45, 2.75) is 6.54 Å². The lowest BCUT2D eigenvalue weighted by molar-refractivity contribution is -0.116. The molecule has 1 saturated heterocycles. The zero-order chi connectivity index (χ0) is 19.3. The Bertz CT molecular complexity index is 952. The Hall–Kier alpha value is -3.05. The molecular weight excluding hydrogens is 350 g/mol. The highest BCUT2D eigenvalue weighted by Gasteiger charge is 2.22. The third-order valence-corrected chi connectivity index (χ3v) is 5.11. The predicted octanol–water partition coefficient (Wildman–Crippen LogP) is 3.17. The summed E-state index contributed by atoms with van der Waals surface area (Å²) in [5.74, 6) is -0.336. The Balaban J connectivity index is 1.82. The third kappa shape index (κ3) is 3.94. The lowest BCUT2D eigenvalue weighted by Gasteiger charge is -2.35. The van der Waals surface area contributed by atoms with Crippen molar-refractivity contribution in [1.82, 2.24) is 0 Å². The lowest BCUT2D eigenvalue weighted by Crippen LogP contribution is -2.39. The first-order valence-electron chi connectivity index (χ1n) is 9.64. The van der Waals surface area contributed by atoms with Crippen molar-refractivity contribution in [1.29, 1.82) is 0 Å². The van der Waals surface area contributed by atoms with Gasteiger partial charge in [-0.1, -0.05) is 60.7 Å². The van der Waals surface area contributed by atoms with E-state index >= 15 is 0 Å². The van der Waals surface area contributed by atoms with E-state index in [1.54, 1.807) is 0 Å². The zero-order valence-corrected chi connectivity index (χ0v) is 15.9. The highest BCUT2D eigenvalue weighted by atomic mass is 16.5. The summed E-state index contributed by atoms with van der Waals surface area (Å²) in [7, 11) is 0. The number of benzene rings is 3. The summed E-state index contributed by atoms with van der Waals surface area (Å²) in [4.78, 5) is 16.3. The second kappa shape index (κ2) is 8.31. The fourth-order valence-corrected chi connectivity index (χ4v) is 3.84. The van der Waals surface area contributed by atoms with Crippen molar-refractivity contribution in [3.05, 3.63) is 72.3 Å². The van der Waals surface area contributed by atoms with Crippen LogP contribution in [0.1, 0.15) is 5.56 Å². The van der Waals surface area contributed by atoms with Gasteiger partial charge in [-0.25, -0.2) is 0 Å². The number of morpholine rings is 1. The molecule has 0 spiro atoms. The van der Waals surface area contributed by atoms with E-state index in [-0.39, 0.29) is 12.5 Å². The Labute approximate surface area is 165 Å². The second-order valence-electron chi connectivity index (χ2n) is 7.06. The molecule has 5 heteroatoms. The number of nitrogens with two attached hydrogens (primary N) is 1. The van der Waals surface area contributed by atoms with Crippen LogP contribution in [0.25, 0.3) is 10.8 Å². The van der Waals surface area contributed by atoms with E-state index in [1.807, 2.05) is 18.2 Å². The van der Waals surface area contributed by atoms with E-state index in [0.717, 1.165) is 30.0 Å². The SMILES string of the molecule is NC(=O)CN(Cc1ccccc1)c1ccc2ccccc2c1N1CCOCC1. The number of carbonyl (C=O) groups excluding carboxylic acids is 1. The summed E-state index contributed by atoms with van der Waals surface area (Å²) in [6.07, 6.45) is 0. The van der Waals surface area contributed by atoms with Crippen LogP contribution >= 0.6 is 0 Å². The van der Waals surface area contributed by atoms with Gasteiger partial charge in [0.25, 0.3) is 0 Å². The van der Waals surface area contributed by atoms with Gasteiger partial charge in [0, 0.05) is 25.0 Å². The van der Waals surface area contributed by atoms with E-state index in [1.165, 1.54) is 10.8 Å². The number of fused-ring (bicyclic) bond motifs is 1. The van der Waals surface area contributed by atoms with Crippen molar-refractivity contribution in [3.63, 3.8) is 0 Å². The fourth-order valence-electron chi connectivity index (χ4n) is 3.84. The summed E-state index contributed by atoms with van der Waals surface area (Å²) in [5.41, 5.74) is 8.94. The molecule has 3 aromatic rings. The molecule has 28 heavy (non-hydrogen) atoms. The molecule has 2 N–H and O–H groups in total. The third-order valence-electron chi connectivity index (χ3n) is 5.11. The van der Waals surface area contributed by atoms with Gasteiger partial charge in [-0.2, -0.15) is 0 Å². The number of nitrogens with zero attached hydrogens (tertiary/aromatic N) is 2. The van der Waals surface area contributed by atoms with Gasteiger partial charge in [0.05, 0.1) is 31.1 Å². The van der Waals surface area contributed by atoms with Crippen LogP contribution in [0.15, 0.2) is 66.7 Å². The predicted molar refractivity (Wildman–Crippen MR) is 114 cm³/mol. The fraction of sp³-hybridized carbons (Fsp3) is 0.261. The van der Waals surface area contributed by atoms with Gasteiger partial charge in [0.1, 0.15) is 0 Å². The van der Waals surface area contributed by atoms with Crippen molar-refractivity contribution in [3.8, 4) is 0 Å². The number of rotatable bonds is 6. The average molecular weight is 375 g/mol. The first-order valence-corrected chi connectivity index (χ1v) is 9.64. The molecule has 1 aliphatic rings. The van der Waals surface area contributed by atoms with Gasteiger partial charge in [-0.05, 0) is 17.0 Å². The molecule has 3 aromatic carbocycles. The molecule has 0 saturated carbocycles. The summed E-state index contributed by atoms with van der Waals surface area (Å²) in [6, 6.07) is 22.8. The summed E-state index contributed by atoms with van der Waals surface area (Å²) < 4.78 is 5.56. The minimum absolute atomic E-state index is 0.171. The number of primary amides is 1. The van der Waals surface area contributed by atoms with Crippen molar-refractivity contribution >= 4 is 28.1 Å². The highest BCUT2D eigenvalue weighted by molar-refractivity contribution is 6.01. The molecule has 1 aliphatic heterocycles. The van der Waals surface area contributed by atoms with E-state index in [2.05, 4.69) is 58.3 Å². The number of amides is 1. The molecule has 0 bridgehead atoms. The Morgan fingerprint density at radius 3 is 2.43 bits per heavy atom. The van der Waals surface area contributed by atoms with Gasteiger partial charge in [-0.3, -0.25) is 4.79 Å². The lowest BCUT2D eigenvalue weighted by atomic mass is 10.0. The van der Waals surface area contributed by atoms with Gasteiger partial charge in [0.15, 0.2) is 0 Å². The minimum Gasteiger partial charge on any atom is -0.378 e. The van der Waals surface area contributed by atoms with Crippen LogP contribution in [0.3, 0.4) is 0 Å².